The summed E-state index contributed by atoms with van der Waals surface area (Å²) < 4.78 is 0. The number of piperazine rings is 1. The molecule has 1 atom stereocenters. The van der Waals surface area contributed by atoms with E-state index in [1.54, 1.807) is 11.8 Å². The molecule has 4 nitrogen and oxygen atoms in total. The number of nitrogens with one attached hydrogen (secondary N) is 1. The molecule has 1 saturated heterocycles. The largest absolute Gasteiger partial charge is 0.353 e. The molecule has 1 aromatic carbocycles. The number of carbonyl (C=O) groups excluding carboxylic acids is 2. The number of amides is 2. The number of aryl methyl sites for hydroxylation is 2. The topological polar surface area (TPSA) is 49.4 Å². The number of nitrogens with zero attached hydrogens (tertiary/aromatic N) is 1. The van der Waals surface area contributed by atoms with Gasteiger partial charge in [0, 0.05) is 18.7 Å². The molecule has 0 bridgehead atoms. The maximum atomic E-state index is 12.5. The van der Waals surface area contributed by atoms with Crippen molar-refractivity contribution in [2.45, 2.75) is 26.8 Å². The lowest BCUT2D eigenvalue weighted by molar-refractivity contribution is -0.127. The molecule has 2 rings (SSSR count). The first-order valence-electron chi connectivity index (χ1n) is 6.16. The molecule has 1 unspecified atom stereocenters. The SMILES string of the molecule is Cc1ccc(C)c(C(=O)N2CCNC(=O)C2C)c1. The van der Waals surface area contributed by atoms with Crippen molar-refractivity contribution in [2.24, 2.45) is 0 Å². The van der Waals surface area contributed by atoms with E-state index >= 15 is 0 Å². The van der Waals surface area contributed by atoms with Gasteiger partial charge in [-0.15, -0.1) is 0 Å². The maximum Gasteiger partial charge on any atom is 0.254 e. The van der Waals surface area contributed by atoms with Crippen molar-refractivity contribution in [1.29, 1.82) is 0 Å². The van der Waals surface area contributed by atoms with Gasteiger partial charge in [0.15, 0.2) is 0 Å². The first kappa shape index (κ1) is 12.6. The molecule has 1 aromatic rings. The molecule has 0 saturated carbocycles. The van der Waals surface area contributed by atoms with Gasteiger partial charge in [0.1, 0.15) is 6.04 Å². The zero-order valence-corrected chi connectivity index (χ0v) is 11.0. The molecule has 1 fully saturated rings. The molecular weight excluding hydrogens is 228 g/mol. The molecule has 2 amide bonds. The summed E-state index contributed by atoms with van der Waals surface area (Å²) in [6.45, 7) is 6.74. The average Bonchev–Trinajstić information content (AvgIpc) is 2.35. The van der Waals surface area contributed by atoms with Gasteiger partial charge in [-0.1, -0.05) is 17.7 Å². The Kier molecular flexibility index (Phi) is 3.36. The van der Waals surface area contributed by atoms with Crippen LogP contribution >= 0.6 is 0 Å². The van der Waals surface area contributed by atoms with E-state index in [1.165, 1.54) is 0 Å². The van der Waals surface area contributed by atoms with E-state index in [1.807, 2.05) is 32.0 Å². The van der Waals surface area contributed by atoms with Crippen LogP contribution in [0.15, 0.2) is 18.2 Å². The highest BCUT2D eigenvalue weighted by molar-refractivity contribution is 5.99. The maximum absolute atomic E-state index is 12.5. The average molecular weight is 246 g/mol. The van der Waals surface area contributed by atoms with Gasteiger partial charge in [0.05, 0.1) is 0 Å². The third kappa shape index (κ3) is 2.23. The lowest BCUT2D eigenvalue weighted by Crippen LogP contribution is -2.55. The number of hydrogen-bond donors (Lipinski definition) is 1. The van der Waals surface area contributed by atoms with Crippen LogP contribution in [0.5, 0.6) is 0 Å². The summed E-state index contributed by atoms with van der Waals surface area (Å²) in [5, 5.41) is 2.76. The molecule has 1 N–H and O–H groups in total. The predicted octanol–water partition coefficient (Wildman–Crippen LogP) is 1.26. The van der Waals surface area contributed by atoms with Crippen molar-refractivity contribution in [3.8, 4) is 0 Å². The standard InChI is InChI=1S/C14H18N2O2/c1-9-4-5-10(2)12(8-9)14(18)16-7-6-15-13(17)11(16)3/h4-5,8,11H,6-7H2,1-3H3,(H,15,17). The quantitative estimate of drug-likeness (QED) is 0.811. The third-order valence-corrected chi connectivity index (χ3v) is 3.38. The van der Waals surface area contributed by atoms with Crippen molar-refractivity contribution in [1.82, 2.24) is 10.2 Å². The molecule has 0 spiro atoms. The molecule has 18 heavy (non-hydrogen) atoms. The third-order valence-electron chi connectivity index (χ3n) is 3.38. The summed E-state index contributed by atoms with van der Waals surface area (Å²) in [6, 6.07) is 5.42. The summed E-state index contributed by atoms with van der Waals surface area (Å²) in [7, 11) is 0. The molecule has 96 valence electrons. The van der Waals surface area contributed by atoms with E-state index in [4.69, 9.17) is 0 Å². The second-order valence-corrected chi connectivity index (χ2v) is 4.78. The van der Waals surface area contributed by atoms with Gasteiger partial charge in [0.2, 0.25) is 5.91 Å². The zero-order valence-electron chi connectivity index (χ0n) is 11.0. The highest BCUT2D eigenvalue weighted by atomic mass is 16.2. The predicted molar refractivity (Wildman–Crippen MR) is 69.4 cm³/mol. The normalized spacial score (nSPS) is 19.6. The Bertz CT molecular complexity index is 497. The molecule has 4 heteroatoms. The minimum Gasteiger partial charge on any atom is -0.353 e. The molecule has 0 radical (unpaired) electrons. The van der Waals surface area contributed by atoms with Crippen LogP contribution in [-0.2, 0) is 4.79 Å². The molecule has 1 heterocycles. The second-order valence-electron chi connectivity index (χ2n) is 4.78. The molecule has 0 aliphatic carbocycles. The van der Waals surface area contributed by atoms with Crippen LogP contribution in [0, 0.1) is 13.8 Å². The fraction of sp³-hybridized carbons (Fsp3) is 0.429. The van der Waals surface area contributed by atoms with Gasteiger partial charge >= 0.3 is 0 Å². The van der Waals surface area contributed by atoms with E-state index in [0.29, 0.717) is 18.7 Å². The minimum atomic E-state index is -0.397. The summed E-state index contributed by atoms with van der Waals surface area (Å²) in [4.78, 5) is 25.7. The molecular formula is C14H18N2O2. The summed E-state index contributed by atoms with van der Waals surface area (Å²) >= 11 is 0. The zero-order chi connectivity index (χ0) is 13.3. The van der Waals surface area contributed by atoms with Crippen LogP contribution < -0.4 is 5.32 Å². The number of hydrogen-bond acceptors (Lipinski definition) is 2. The van der Waals surface area contributed by atoms with Crippen LogP contribution in [0.1, 0.15) is 28.4 Å². The van der Waals surface area contributed by atoms with Crippen molar-refractivity contribution in [3.63, 3.8) is 0 Å². The minimum absolute atomic E-state index is 0.0569. The summed E-state index contributed by atoms with van der Waals surface area (Å²) in [6.07, 6.45) is 0. The van der Waals surface area contributed by atoms with E-state index < -0.39 is 6.04 Å². The highest BCUT2D eigenvalue weighted by Crippen LogP contribution is 2.16. The second kappa shape index (κ2) is 4.80. The number of rotatable bonds is 1. The Balaban J connectivity index is 2.30. The van der Waals surface area contributed by atoms with E-state index in [0.717, 1.165) is 11.1 Å². The van der Waals surface area contributed by atoms with Gasteiger partial charge in [-0.05, 0) is 32.4 Å². The van der Waals surface area contributed by atoms with Crippen molar-refractivity contribution >= 4 is 11.8 Å². The van der Waals surface area contributed by atoms with Crippen LogP contribution in [0.3, 0.4) is 0 Å². The lowest BCUT2D eigenvalue weighted by Gasteiger charge is -2.33. The molecule has 1 aliphatic heterocycles. The first-order valence-corrected chi connectivity index (χ1v) is 6.16. The van der Waals surface area contributed by atoms with Crippen molar-refractivity contribution in [3.05, 3.63) is 34.9 Å². The van der Waals surface area contributed by atoms with Crippen LogP contribution in [-0.4, -0.2) is 35.8 Å². The lowest BCUT2D eigenvalue weighted by atomic mass is 10.0. The summed E-state index contributed by atoms with van der Waals surface area (Å²) in [5.74, 6) is -0.140. The van der Waals surface area contributed by atoms with Gasteiger partial charge in [-0.2, -0.15) is 0 Å². The Labute approximate surface area is 107 Å². The van der Waals surface area contributed by atoms with E-state index in [9.17, 15) is 9.59 Å². The van der Waals surface area contributed by atoms with Gasteiger partial charge < -0.3 is 10.2 Å². The smallest absolute Gasteiger partial charge is 0.254 e. The van der Waals surface area contributed by atoms with Crippen LogP contribution in [0.2, 0.25) is 0 Å². The van der Waals surface area contributed by atoms with E-state index in [2.05, 4.69) is 5.32 Å². The Morgan fingerprint density at radius 2 is 2.11 bits per heavy atom. The Morgan fingerprint density at radius 1 is 1.39 bits per heavy atom. The highest BCUT2D eigenvalue weighted by Gasteiger charge is 2.30. The molecule has 1 aliphatic rings. The van der Waals surface area contributed by atoms with Gasteiger partial charge in [-0.25, -0.2) is 0 Å². The Hall–Kier alpha value is -1.84. The van der Waals surface area contributed by atoms with Crippen molar-refractivity contribution < 1.29 is 9.59 Å². The first-order chi connectivity index (χ1) is 8.50. The monoisotopic (exact) mass is 246 g/mol. The van der Waals surface area contributed by atoms with Gasteiger partial charge in [-0.3, -0.25) is 9.59 Å². The van der Waals surface area contributed by atoms with Crippen LogP contribution in [0.25, 0.3) is 0 Å². The van der Waals surface area contributed by atoms with E-state index in [-0.39, 0.29) is 11.8 Å². The fourth-order valence-electron chi connectivity index (χ4n) is 2.18. The molecule has 0 aromatic heterocycles. The van der Waals surface area contributed by atoms with Gasteiger partial charge in [0.25, 0.3) is 5.91 Å². The summed E-state index contributed by atoms with van der Waals surface area (Å²) in [5.41, 5.74) is 2.69. The van der Waals surface area contributed by atoms with Crippen LogP contribution in [0.4, 0.5) is 0 Å². The van der Waals surface area contributed by atoms with Crippen molar-refractivity contribution in [2.75, 3.05) is 13.1 Å². The fourth-order valence-corrected chi connectivity index (χ4v) is 2.18. The Morgan fingerprint density at radius 3 is 2.83 bits per heavy atom. The number of carbonyl (C=O) groups is 2. The number of benzene rings is 1.